The predicted molar refractivity (Wildman–Crippen MR) is 121 cm³/mol. The zero-order valence-corrected chi connectivity index (χ0v) is 19.5. The maximum absolute atomic E-state index is 13.2. The van der Waals surface area contributed by atoms with E-state index in [0.717, 1.165) is 0 Å². The van der Waals surface area contributed by atoms with Gasteiger partial charge < -0.3 is 10.8 Å². The summed E-state index contributed by atoms with van der Waals surface area (Å²) in [5.41, 5.74) is 6.24. The minimum atomic E-state index is -5.37. The molecular weight excluding hydrogens is 455 g/mol. The third kappa shape index (κ3) is 7.58. The Morgan fingerprint density at radius 1 is 1.06 bits per heavy atom. The number of hydrogen-bond acceptors (Lipinski definition) is 7. The summed E-state index contributed by atoms with van der Waals surface area (Å²) in [4.78, 5) is 9.72. The molecule has 12 heteroatoms. The summed E-state index contributed by atoms with van der Waals surface area (Å²) in [7, 11) is -9.61. The van der Waals surface area contributed by atoms with Crippen LogP contribution >= 0.6 is 0 Å². The second-order valence-corrected chi connectivity index (χ2v) is 11.6. The number of carbonyl (C=O) groups excluding carboxylic acids is 1. The average Bonchev–Trinajstić information content (AvgIpc) is 2.57. The Hall–Kier alpha value is -0.370. The van der Waals surface area contributed by atoms with Gasteiger partial charge in [-0.3, -0.25) is 9.35 Å². The van der Waals surface area contributed by atoms with Crippen LogP contribution in [0.4, 0.5) is 0 Å². The molecule has 0 aromatic heterocycles. The number of carbonyl (C=O) groups is 1. The zero-order chi connectivity index (χ0) is 23.5. The van der Waals surface area contributed by atoms with E-state index in [4.69, 9.17) is 5.73 Å². The molecule has 0 saturated carbocycles. The first-order valence-electron chi connectivity index (χ1n) is 9.61. The normalized spacial score (nSPS) is 16.5. The quantitative estimate of drug-likeness (QED) is 0.259. The fraction of sp³-hybridized carbons (Fsp3) is 0.632. The van der Waals surface area contributed by atoms with Crippen LogP contribution in [0, 0.1) is 18.8 Å². The number of nitrogens with two attached hydrogens (primary N) is 1. The van der Waals surface area contributed by atoms with Crippen LogP contribution in [0.15, 0.2) is 29.2 Å². The number of aryl methyl sites for hydroxylation is 1. The second-order valence-electron chi connectivity index (χ2n) is 8.34. The molecule has 31 heavy (non-hydrogen) atoms. The SMILES string of the molecule is Cc1ccccc1S(=O)(=O)N[C@@H](CC(C)C)C(=O)C(O)(C(N)CC(C)C)S(=O)(=O)O.[NaH]. The Morgan fingerprint density at radius 3 is 1.97 bits per heavy atom. The first-order chi connectivity index (χ1) is 13.5. The van der Waals surface area contributed by atoms with Crippen LogP contribution in [0.5, 0.6) is 0 Å². The number of ketones is 1. The van der Waals surface area contributed by atoms with E-state index >= 15 is 0 Å². The van der Waals surface area contributed by atoms with Gasteiger partial charge >= 0.3 is 39.7 Å². The van der Waals surface area contributed by atoms with Gasteiger partial charge in [-0.25, -0.2) is 13.1 Å². The molecule has 1 aromatic rings. The number of aliphatic hydroxyl groups is 1. The molecule has 0 amide bonds. The second kappa shape index (κ2) is 11.7. The number of hydrogen-bond donors (Lipinski definition) is 4. The molecule has 2 unspecified atom stereocenters. The molecule has 0 radical (unpaired) electrons. The molecule has 3 atom stereocenters. The van der Waals surface area contributed by atoms with Crippen LogP contribution in [0.25, 0.3) is 0 Å². The first kappa shape index (κ1) is 30.6. The van der Waals surface area contributed by atoms with E-state index in [1.165, 1.54) is 12.1 Å². The van der Waals surface area contributed by atoms with Gasteiger partial charge in [0.25, 0.3) is 4.93 Å². The van der Waals surface area contributed by atoms with Crippen LogP contribution in [0.1, 0.15) is 46.1 Å². The Labute approximate surface area is 207 Å². The van der Waals surface area contributed by atoms with Crippen molar-refractivity contribution >= 4 is 55.5 Å². The molecule has 0 aliphatic carbocycles. The van der Waals surface area contributed by atoms with Crippen LogP contribution < -0.4 is 10.5 Å². The number of Topliss-reactive ketones (excluding diaryl/α,β-unsaturated/α-hetero) is 1. The van der Waals surface area contributed by atoms with E-state index in [2.05, 4.69) is 4.72 Å². The zero-order valence-electron chi connectivity index (χ0n) is 17.9. The Balaban J connectivity index is 0.00000900. The summed E-state index contributed by atoms with van der Waals surface area (Å²) in [5, 5.41) is 10.8. The van der Waals surface area contributed by atoms with Gasteiger partial charge in [0.05, 0.1) is 17.0 Å². The maximum atomic E-state index is 13.2. The van der Waals surface area contributed by atoms with Crippen molar-refractivity contribution in [3.05, 3.63) is 29.8 Å². The van der Waals surface area contributed by atoms with Crippen LogP contribution in [0.2, 0.25) is 0 Å². The first-order valence-corrected chi connectivity index (χ1v) is 12.5. The van der Waals surface area contributed by atoms with E-state index < -0.39 is 42.9 Å². The monoisotopic (exact) mass is 488 g/mol. The predicted octanol–water partition coefficient (Wildman–Crippen LogP) is 0.558. The van der Waals surface area contributed by atoms with Crippen LogP contribution in [-0.2, 0) is 24.9 Å². The molecule has 9 nitrogen and oxygen atoms in total. The summed E-state index contributed by atoms with van der Waals surface area (Å²) < 4.78 is 61.7. The van der Waals surface area contributed by atoms with Gasteiger partial charge in [0, 0.05) is 0 Å². The fourth-order valence-corrected chi connectivity index (χ4v) is 5.54. The summed E-state index contributed by atoms with van der Waals surface area (Å²) in [6, 6.07) is 2.79. The molecule has 1 rings (SSSR count). The molecule has 0 aliphatic heterocycles. The molecule has 0 bridgehead atoms. The fourth-order valence-electron chi connectivity index (χ4n) is 3.21. The Bertz CT molecular complexity index is 965. The summed E-state index contributed by atoms with van der Waals surface area (Å²) in [6.45, 7) is 8.36. The van der Waals surface area contributed by atoms with E-state index in [0.29, 0.717) is 5.56 Å². The topological polar surface area (TPSA) is 164 Å². The molecule has 0 aliphatic rings. The molecule has 0 heterocycles. The summed E-state index contributed by atoms with van der Waals surface area (Å²) in [6.07, 6.45) is -0.211. The number of rotatable bonds is 11. The Morgan fingerprint density at radius 2 is 1.55 bits per heavy atom. The van der Waals surface area contributed by atoms with Crippen molar-refractivity contribution in [2.75, 3.05) is 0 Å². The van der Waals surface area contributed by atoms with E-state index in [9.17, 15) is 31.3 Å². The van der Waals surface area contributed by atoms with Gasteiger partial charge in [-0.15, -0.1) is 0 Å². The summed E-state index contributed by atoms with van der Waals surface area (Å²) in [5.74, 6) is -1.86. The van der Waals surface area contributed by atoms with E-state index in [-0.39, 0.29) is 59.1 Å². The molecule has 5 N–H and O–H groups in total. The number of sulfonamides is 1. The number of nitrogens with one attached hydrogen (secondary N) is 1. The Kier molecular flexibility index (Phi) is 11.5. The van der Waals surface area contributed by atoms with E-state index in [1.54, 1.807) is 46.8 Å². The standard InChI is InChI=1S/C19H32N2O7S2.Na.H/c1-12(2)10-15(21-29(24,25)16-9-7-6-8-14(16)5)18(22)19(23,30(26,27)28)17(20)11-13(3)4;;/h6-9,12-13,15,17,21,23H,10-11,20H2,1-5H3,(H,26,27,28);;/t15-,17?,19?;;/m0../s1. The van der Waals surface area contributed by atoms with Gasteiger partial charge in [-0.1, -0.05) is 45.9 Å². The van der Waals surface area contributed by atoms with Crippen molar-refractivity contribution in [2.24, 2.45) is 17.6 Å². The molecule has 0 saturated heterocycles. The van der Waals surface area contributed by atoms with Gasteiger partial charge in [0.2, 0.25) is 15.8 Å². The van der Waals surface area contributed by atoms with Gasteiger partial charge in [0.1, 0.15) is 0 Å². The van der Waals surface area contributed by atoms with Crippen molar-refractivity contribution in [2.45, 2.75) is 69.4 Å². The summed E-state index contributed by atoms with van der Waals surface area (Å²) >= 11 is 0. The van der Waals surface area contributed by atoms with Crippen molar-refractivity contribution in [1.29, 1.82) is 0 Å². The van der Waals surface area contributed by atoms with Crippen molar-refractivity contribution in [3.8, 4) is 0 Å². The van der Waals surface area contributed by atoms with E-state index in [1.807, 2.05) is 0 Å². The molecular formula is C19H33N2NaO7S2. The number of benzene rings is 1. The van der Waals surface area contributed by atoms with Crippen molar-refractivity contribution in [1.82, 2.24) is 4.72 Å². The molecule has 0 spiro atoms. The van der Waals surface area contributed by atoms with Gasteiger partial charge in [-0.05, 0) is 43.2 Å². The van der Waals surface area contributed by atoms with Gasteiger partial charge in [0.15, 0.2) is 0 Å². The van der Waals surface area contributed by atoms with Gasteiger partial charge in [-0.2, -0.15) is 8.42 Å². The van der Waals surface area contributed by atoms with Crippen molar-refractivity contribution in [3.63, 3.8) is 0 Å². The third-order valence-corrected chi connectivity index (χ3v) is 7.60. The molecule has 174 valence electrons. The minimum absolute atomic E-state index is 0. The molecule has 1 aromatic carbocycles. The van der Waals surface area contributed by atoms with Crippen LogP contribution in [0.3, 0.4) is 0 Å². The van der Waals surface area contributed by atoms with Crippen LogP contribution in [-0.4, -0.2) is 78.9 Å². The third-order valence-electron chi connectivity index (χ3n) is 4.68. The molecule has 0 fully saturated rings. The average molecular weight is 489 g/mol. The van der Waals surface area contributed by atoms with Crippen molar-refractivity contribution < 1.29 is 31.3 Å².